The van der Waals surface area contributed by atoms with Gasteiger partial charge in [-0.25, -0.2) is 4.79 Å². The van der Waals surface area contributed by atoms with Crippen LogP contribution in [0.2, 0.25) is 54.4 Å². The van der Waals surface area contributed by atoms with Gasteiger partial charge in [0.05, 0.1) is 6.61 Å². The molecular formula is C23H50O5Si3. The first-order valence-electron chi connectivity index (χ1n) is 11.6. The number of carbonyl (C=O) groups is 1. The fourth-order valence-electron chi connectivity index (χ4n) is 2.51. The highest BCUT2D eigenvalue weighted by Crippen LogP contribution is 2.43. The van der Waals surface area contributed by atoms with Crippen molar-refractivity contribution >= 4 is 30.9 Å². The van der Waals surface area contributed by atoms with E-state index >= 15 is 0 Å². The lowest BCUT2D eigenvalue weighted by molar-refractivity contribution is -0.147. The van der Waals surface area contributed by atoms with Crippen LogP contribution in [0.5, 0.6) is 0 Å². The molecule has 0 amide bonds. The second-order valence-electron chi connectivity index (χ2n) is 13.7. The number of rotatable bonds is 7. The lowest BCUT2D eigenvalue weighted by Crippen LogP contribution is -2.54. The third-order valence-electron chi connectivity index (χ3n) is 8.04. The van der Waals surface area contributed by atoms with E-state index in [1.54, 1.807) is 0 Å². The van der Waals surface area contributed by atoms with E-state index in [-0.39, 0.29) is 21.1 Å². The van der Waals surface area contributed by atoms with E-state index in [1.807, 2.05) is 0 Å². The summed E-state index contributed by atoms with van der Waals surface area (Å²) in [7, 11) is -6.33. The third kappa shape index (κ3) is 6.76. The van der Waals surface area contributed by atoms with E-state index in [1.165, 1.54) is 0 Å². The van der Waals surface area contributed by atoms with E-state index in [4.69, 9.17) is 18.0 Å². The molecule has 1 fully saturated rings. The van der Waals surface area contributed by atoms with Crippen LogP contribution in [0.15, 0.2) is 0 Å². The van der Waals surface area contributed by atoms with Crippen LogP contribution >= 0.6 is 0 Å². The molecule has 3 atom stereocenters. The van der Waals surface area contributed by atoms with E-state index in [0.717, 1.165) is 0 Å². The molecule has 0 saturated carbocycles. The van der Waals surface area contributed by atoms with Crippen molar-refractivity contribution in [1.29, 1.82) is 0 Å². The summed E-state index contributed by atoms with van der Waals surface area (Å²) in [5.41, 5.74) is 0. The SMILES string of the molecule is CC(C)(C)[Si](C)(C)OC[C@@H]1OC(=O)[C@@H](O[Si](C)(C)C(C)(C)C)[C@H]1O[Si](C)(C)C(C)(C)C. The molecule has 0 aliphatic carbocycles. The zero-order chi connectivity index (χ0) is 24.8. The Morgan fingerprint density at radius 1 is 0.710 bits per heavy atom. The first-order valence-corrected chi connectivity index (χ1v) is 20.4. The normalized spacial score (nSPS) is 24.5. The predicted octanol–water partition coefficient (Wildman–Crippen LogP) is 6.71. The first-order chi connectivity index (χ1) is 13.4. The van der Waals surface area contributed by atoms with E-state index in [0.29, 0.717) is 6.61 Å². The van der Waals surface area contributed by atoms with Crippen LogP contribution in [0, 0.1) is 0 Å². The Hall–Kier alpha value is 0.000649. The van der Waals surface area contributed by atoms with Crippen molar-refractivity contribution in [2.45, 2.75) is 135 Å². The molecule has 1 aliphatic heterocycles. The molecule has 0 spiro atoms. The Balaban J connectivity index is 3.24. The average molecular weight is 491 g/mol. The molecule has 1 heterocycles. The minimum Gasteiger partial charge on any atom is -0.455 e. The van der Waals surface area contributed by atoms with Gasteiger partial charge in [-0.3, -0.25) is 0 Å². The van der Waals surface area contributed by atoms with Gasteiger partial charge in [-0.05, 0) is 54.4 Å². The smallest absolute Gasteiger partial charge is 0.337 e. The maximum Gasteiger partial charge on any atom is 0.337 e. The molecule has 0 bridgehead atoms. The number of esters is 1. The van der Waals surface area contributed by atoms with Crippen LogP contribution < -0.4 is 0 Å². The first kappa shape index (κ1) is 29.0. The summed E-state index contributed by atoms with van der Waals surface area (Å²) in [5, 5.41) is 0.0952. The summed E-state index contributed by atoms with van der Waals surface area (Å²) >= 11 is 0. The number of hydrogen-bond acceptors (Lipinski definition) is 5. The monoisotopic (exact) mass is 490 g/mol. The molecule has 8 heteroatoms. The summed E-state index contributed by atoms with van der Waals surface area (Å²) in [4.78, 5) is 13.0. The summed E-state index contributed by atoms with van der Waals surface area (Å²) in [6.07, 6.45) is -1.57. The number of carbonyl (C=O) groups excluding carboxylic acids is 1. The highest BCUT2D eigenvalue weighted by molar-refractivity contribution is 6.75. The van der Waals surface area contributed by atoms with Crippen LogP contribution in [-0.4, -0.2) is 55.8 Å². The van der Waals surface area contributed by atoms with Crippen LogP contribution in [0.4, 0.5) is 0 Å². The molecule has 1 aliphatic rings. The van der Waals surface area contributed by atoms with E-state index in [9.17, 15) is 4.79 Å². The molecule has 0 aromatic heterocycles. The summed E-state index contributed by atoms with van der Waals surface area (Å²) in [6, 6.07) is 0. The molecule has 184 valence electrons. The van der Waals surface area contributed by atoms with Gasteiger partial charge < -0.3 is 18.0 Å². The standard InChI is InChI=1S/C23H50O5Si3/c1-21(2,3)29(10,11)25-16-17-18(27-30(12,13)22(4,5)6)19(20(24)26-17)28-31(14,15)23(7,8)9/h17-19H,16H2,1-15H3/t17-,18-,19-/m0/s1. The zero-order valence-corrected chi connectivity index (χ0v) is 26.0. The quantitative estimate of drug-likeness (QED) is 0.293. The Kier molecular flexibility index (Phi) is 8.41. The Morgan fingerprint density at radius 3 is 1.48 bits per heavy atom. The van der Waals surface area contributed by atoms with Crippen molar-refractivity contribution in [3.63, 3.8) is 0 Å². The van der Waals surface area contributed by atoms with Crippen molar-refractivity contribution in [3.8, 4) is 0 Å². The fourth-order valence-corrected chi connectivity index (χ4v) is 6.05. The second-order valence-corrected chi connectivity index (χ2v) is 28.0. The predicted molar refractivity (Wildman–Crippen MR) is 137 cm³/mol. The van der Waals surface area contributed by atoms with Gasteiger partial charge in [0.2, 0.25) is 0 Å². The summed E-state index contributed by atoms with van der Waals surface area (Å²) in [5.74, 6) is -0.308. The van der Waals surface area contributed by atoms with Gasteiger partial charge in [0.25, 0.3) is 0 Å². The van der Waals surface area contributed by atoms with Gasteiger partial charge in [0.1, 0.15) is 6.10 Å². The summed E-state index contributed by atoms with van der Waals surface area (Å²) in [6.45, 7) is 33.4. The highest BCUT2D eigenvalue weighted by atomic mass is 28.4. The minimum atomic E-state index is -2.19. The topological polar surface area (TPSA) is 54.0 Å². The van der Waals surface area contributed by atoms with E-state index < -0.39 is 43.3 Å². The lowest BCUT2D eigenvalue weighted by Gasteiger charge is -2.43. The van der Waals surface area contributed by atoms with Gasteiger partial charge in [-0.1, -0.05) is 62.3 Å². The van der Waals surface area contributed by atoms with Crippen molar-refractivity contribution in [2.75, 3.05) is 6.61 Å². The van der Waals surface area contributed by atoms with Crippen molar-refractivity contribution in [2.24, 2.45) is 0 Å². The maximum atomic E-state index is 13.0. The number of ether oxygens (including phenoxy) is 1. The molecule has 0 radical (unpaired) electrons. The largest absolute Gasteiger partial charge is 0.455 e. The highest BCUT2D eigenvalue weighted by Gasteiger charge is 2.54. The Bertz CT molecular complexity index is 639. The van der Waals surface area contributed by atoms with Gasteiger partial charge >= 0.3 is 5.97 Å². The Labute approximate surface area is 195 Å². The molecule has 1 saturated heterocycles. The van der Waals surface area contributed by atoms with Gasteiger partial charge in [0, 0.05) is 0 Å². The average Bonchev–Trinajstić information content (AvgIpc) is 2.77. The van der Waals surface area contributed by atoms with Gasteiger partial charge in [-0.2, -0.15) is 0 Å². The molecule has 0 N–H and O–H groups in total. The maximum absolute atomic E-state index is 13.0. The molecular weight excluding hydrogens is 441 g/mol. The summed E-state index contributed by atoms with van der Waals surface area (Å²) < 4.78 is 25.7. The lowest BCUT2D eigenvalue weighted by atomic mass is 10.1. The van der Waals surface area contributed by atoms with Crippen LogP contribution in [0.1, 0.15) is 62.3 Å². The fraction of sp³-hybridized carbons (Fsp3) is 0.957. The number of hydrogen-bond donors (Lipinski definition) is 0. The molecule has 0 unspecified atom stereocenters. The van der Waals surface area contributed by atoms with Crippen molar-refractivity contribution in [3.05, 3.63) is 0 Å². The van der Waals surface area contributed by atoms with Crippen molar-refractivity contribution in [1.82, 2.24) is 0 Å². The molecule has 1 rings (SSSR count). The van der Waals surface area contributed by atoms with Crippen molar-refractivity contribution < 1.29 is 22.8 Å². The Morgan fingerprint density at radius 2 is 1.10 bits per heavy atom. The second kappa shape index (κ2) is 8.98. The van der Waals surface area contributed by atoms with Crippen LogP contribution in [0.3, 0.4) is 0 Å². The molecule has 5 nitrogen and oxygen atoms in total. The van der Waals surface area contributed by atoms with Gasteiger partial charge in [0.15, 0.2) is 37.2 Å². The number of cyclic esters (lactones) is 1. The third-order valence-corrected chi connectivity index (χ3v) is 21.5. The molecule has 0 aromatic rings. The molecule has 0 aromatic carbocycles. The zero-order valence-electron chi connectivity index (χ0n) is 23.0. The van der Waals surface area contributed by atoms with E-state index in [2.05, 4.69) is 102 Å². The van der Waals surface area contributed by atoms with Crippen LogP contribution in [-0.2, 0) is 22.8 Å². The van der Waals surface area contributed by atoms with Gasteiger partial charge in [-0.15, -0.1) is 0 Å². The minimum absolute atomic E-state index is 0.00940. The molecule has 31 heavy (non-hydrogen) atoms. The van der Waals surface area contributed by atoms with Crippen LogP contribution in [0.25, 0.3) is 0 Å².